The lowest BCUT2D eigenvalue weighted by Crippen LogP contribution is -2.48. The predicted octanol–water partition coefficient (Wildman–Crippen LogP) is 2.56. The fourth-order valence-electron chi connectivity index (χ4n) is 3.40. The Morgan fingerprint density at radius 2 is 2.10 bits per heavy atom. The van der Waals surface area contributed by atoms with Gasteiger partial charge in [0, 0.05) is 12.5 Å². The van der Waals surface area contributed by atoms with E-state index in [0.29, 0.717) is 13.0 Å². The highest BCUT2D eigenvalue weighted by atomic mass is 16.4. The summed E-state index contributed by atoms with van der Waals surface area (Å²) in [7, 11) is 0. The molecule has 1 amide bonds. The van der Waals surface area contributed by atoms with Gasteiger partial charge < -0.3 is 10.0 Å². The molecule has 21 heavy (non-hydrogen) atoms. The highest BCUT2D eigenvalue weighted by Crippen LogP contribution is 2.49. The third kappa shape index (κ3) is 2.80. The Hall–Kier alpha value is -1.84. The third-order valence-electron chi connectivity index (χ3n) is 4.65. The Morgan fingerprint density at radius 1 is 1.29 bits per heavy atom. The van der Waals surface area contributed by atoms with Gasteiger partial charge >= 0.3 is 5.97 Å². The minimum Gasteiger partial charge on any atom is -0.480 e. The first kappa shape index (κ1) is 14.1. The van der Waals surface area contributed by atoms with Crippen LogP contribution in [-0.4, -0.2) is 34.5 Å². The summed E-state index contributed by atoms with van der Waals surface area (Å²) < 4.78 is 0. The van der Waals surface area contributed by atoms with Crippen LogP contribution in [0.1, 0.15) is 42.7 Å². The zero-order valence-electron chi connectivity index (χ0n) is 12.3. The van der Waals surface area contributed by atoms with Crippen molar-refractivity contribution in [1.82, 2.24) is 4.90 Å². The van der Waals surface area contributed by atoms with Crippen molar-refractivity contribution in [2.45, 2.75) is 44.6 Å². The topological polar surface area (TPSA) is 57.6 Å². The number of hydrogen-bond acceptors (Lipinski definition) is 2. The highest BCUT2D eigenvalue weighted by molar-refractivity contribution is 5.87. The van der Waals surface area contributed by atoms with Crippen LogP contribution in [0.2, 0.25) is 0 Å². The van der Waals surface area contributed by atoms with Gasteiger partial charge in [0.2, 0.25) is 5.91 Å². The van der Waals surface area contributed by atoms with Crippen molar-refractivity contribution in [1.29, 1.82) is 0 Å². The van der Waals surface area contributed by atoms with E-state index >= 15 is 0 Å². The molecule has 3 atom stereocenters. The Balaban J connectivity index is 1.70. The smallest absolute Gasteiger partial charge is 0.326 e. The van der Waals surface area contributed by atoms with Gasteiger partial charge in [-0.15, -0.1) is 0 Å². The second-order valence-corrected chi connectivity index (χ2v) is 6.24. The minimum atomic E-state index is -0.865. The average Bonchev–Trinajstić information content (AvgIpc) is 3.27. The average molecular weight is 287 g/mol. The number of rotatable bonds is 3. The number of aryl methyl sites for hydroxylation is 1. The molecule has 0 bridgehead atoms. The summed E-state index contributed by atoms with van der Waals surface area (Å²) in [6.45, 7) is 2.64. The summed E-state index contributed by atoms with van der Waals surface area (Å²) in [5.74, 6) is -0.579. The zero-order chi connectivity index (χ0) is 15.0. The lowest BCUT2D eigenvalue weighted by molar-refractivity contribution is -0.152. The standard InChI is InChI=1S/C17H21NO3/c1-11-5-4-6-12(9-11)13-10-14(13)16(19)18-8-3-2-7-15(18)17(20)21/h4-6,9,13-15H,2-3,7-8,10H2,1H3,(H,20,21)/t13-,14-,15+/m0/s1. The number of carbonyl (C=O) groups is 2. The Labute approximate surface area is 124 Å². The molecule has 1 saturated heterocycles. The molecule has 1 saturated carbocycles. The number of hydrogen-bond donors (Lipinski definition) is 1. The molecular formula is C17H21NO3. The van der Waals surface area contributed by atoms with Crippen LogP contribution >= 0.6 is 0 Å². The van der Waals surface area contributed by atoms with Gasteiger partial charge in [0.05, 0.1) is 0 Å². The molecule has 0 radical (unpaired) electrons. The van der Waals surface area contributed by atoms with E-state index in [1.165, 1.54) is 11.1 Å². The molecular weight excluding hydrogens is 266 g/mol. The van der Waals surface area contributed by atoms with Crippen LogP contribution in [0.5, 0.6) is 0 Å². The van der Waals surface area contributed by atoms with Crippen molar-refractivity contribution in [3.63, 3.8) is 0 Å². The molecule has 2 fully saturated rings. The second-order valence-electron chi connectivity index (χ2n) is 6.24. The molecule has 1 aromatic rings. The van der Waals surface area contributed by atoms with Crippen LogP contribution in [0.4, 0.5) is 0 Å². The summed E-state index contributed by atoms with van der Waals surface area (Å²) in [5.41, 5.74) is 2.41. The van der Waals surface area contributed by atoms with Crippen molar-refractivity contribution in [3.05, 3.63) is 35.4 Å². The molecule has 1 aliphatic heterocycles. The van der Waals surface area contributed by atoms with Crippen molar-refractivity contribution in [3.8, 4) is 0 Å². The van der Waals surface area contributed by atoms with Crippen molar-refractivity contribution >= 4 is 11.9 Å². The number of carboxylic acid groups (broad SMARTS) is 1. The first-order valence-electron chi connectivity index (χ1n) is 7.68. The lowest BCUT2D eigenvalue weighted by Gasteiger charge is -2.33. The van der Waals surface area contributed by atoms with Gasteiger partial charge in [0.1, 0.15) is 6.04 Å². The van der Waals surface area contributed by atoms with Gasteiger partial charge in [-0.25, -0.2) is 4.79 Å². The maximum Gasteiger partial charge on any atom is 0.326 e. The van der Waals surface area contributed by atoms with E-state index in [9.17, 15) is 14.7 Å². The van der Waals surface area contributed by atoms with E-state index in [0.717, 1.165) is 19.3 Å². The van der Waals surface area contributed by atoms with E-state index in [1.54, 1.807) is 4.90 Å². The molecule has 0 spiro atoms. The van der Waals surface area contributed by atoms with Gasteiger partial charge in [-0.2, -0.15) is 0 Å². The monoisotopic (exact) mass is 287 g/mol. The number of piperidine rings is 1. The van der Waals surface area contributed by atoms with Gasteiger partial charge in [-0.3, -0.25) is 4.79 Å². The maximum atomic E-state index is 12.6. The summed E-state index contributed by atoms with van der Waals surface area (Å²) >= 11 is 0. The molecule has 4 heteroatoms. The fourth-order valence-corrected chi connectivity index (χ4v) is 3.40. The van der Waals surface area contributed by atoms with E-state index in [2.05, 4.69) is 12.1 Å². The molecule has 2 aliphatic rings. The summed E-state index contributed by atoms with van der Waals surface area (Å²) in [6, 6.07) is 7.64. The number of amides is 1. The molecule has 0 aromatic heterocycles. The molecule has 4 nitrogen and oxygen atoms in total. The number of benzene rings is 1. The van der Waals surface area contributed by atoms with Crippen LogP contribution in [0.15, 0.2) is 24.3 Å². The number of carbonyl (C=O) groups excluding carboxylic acids is 1. The third-order valence-corrected chi connectivity index (χ3v) is 4.65. The first-order chi connectivity index (χ1) is 10.1. The van der Waals surface area contributed by atoms with E-state index < -0.39 is 12.0 Å². The van der Waals surface area contributed by atoms with Crippen molar-refractivity contribution in [2.75, 3.05) is 6.54 Å². The summed E-state index contributed by atoms with van der Waals surface area (Å²) in [6.07, 6.45) is 3.25. The lowest BCUT2D eigenvalue weighted by atomic mass is 10.0. The molecule has 0 unspecified atom stereocenters. The Morgan fingerprint density at radius 3 is 2.81 bits per heavy atom. The number of carboxylic acids is 1. The number of aliphatic carboxylic acids is 1. The summed E-state index contributed by atoms with van der Waals surface area (Å²) in [5, 5.41) is 9.29. The number of nitrogens with zero attached hydrogens (tertiary/aromatic N) is 1. The van der Waals surface area contributed by atoms with Crippen LogP contribution < -0.4 is 0 Å². The predicted molar refractivity (Wildman–Crippen MR) is 79.0 cm³/mol. The first-order valence-corrected chi connectivity index (χ1v) is 7.68. The molecule has 112 valence electrons. The number of likely N-dealkylation sites (tertiary alicyclic amines) is 1. The Kier molecular flexibility index (Phi) is 3.70. The van der Waals surface area contributed by atoms with Crippen molar-refractivity contribution < 1.29 is 14.7 Å². The van der Waals surface area contributed by atoms with Crippen LogP contribution in [0.3, 0.4) is 0 Å². The fraction of sp³-hybridized carbons (Fsp3) is 0.529. The SMILES string of the molecule is Cc1cccc([C@@H]2C[C@@H]2C(=O)N2CCCC[C@@H]2C(=O)O)c1. The molecule has 3 rings (SSSR count). The van der Waals surface area contributed by atoms with E-state index in [4.69, 9.17) is 0 Å². The van der Waals surface area contributed by atoms with Crippen LogP contribution in [0.25, 0.3) is 0 Å². The van der Waals surface area contributed by atoms with Crippen LogP contribution in [0, 0.1) is 12.8 Å². The maximum absolute atomic E-state index is 12.6. The van der Waals surface area contributed by atoms with Gasteiger partial charge in [0.15, 0.2) is 0 Å². The van der Waals surface area contributed by atoms with Gasteiger partial charge in [0.25, 0.3) is 0 Å². The molecule has 1 aliphatic carbocycles. The normalized spacial score (nSPS) is 28.2. The molecule has 1 N–H and O–H groups in total. The van der Waals surface area contributed by atoms with Crippen LogP contribution in [-0.2, 0) is 9.59 Å². The van der Waals surface area contributed by atoms with Gasteiger partial charge in [-0.1, -0.05) is 29.8 Å². The largest absolute Gasteiger partial charge is 0.480 e. The Bertz CT molecular complexity index is 569. The van der Waals surface area contributed by atoms with Gasteiger partial charge in [-0.05, 0) is 44.1 Å². The quantitative estimate of drug-likeness (QED) is 0.929. The summed E-state index contributed by atoms with van der Waals surface area (Å²) in [4.78, 5) is 25.5. The highest BCUT2D eigenvalue weighted by Gasteiger charge is 2.48. The minimum absolute atomic E-state index is 0.0215. The van der Waals surface area contributed by atoms with Crippen molar-refractivity contribution in [2.24, 2.45) is 5.92 Å². The van der Waals surface area contributed by atoms with E-state index in [1.807, 2.05) is 19.1 Å². The zero-order valence-corrected chi connectivity index (χ0v) is 12.3. The molecule has 1 aromatic carbocycles. The molecule has 1 heterocycles. The second kappa shape index (κ2) is 5.51. The van der Waals surface area contributed by atoms with E-state index in [-0.39, 0.29) is 17.7 Å².